The van der Waals surface area contributed by atoms with Crippen molar-refractivity contribution in [2.75, 3.05) is 13.1 Å². The molecule has 2 unspecified atom stereocenters. The van der Waals surface area contributed by atoms with Crippen molar-refractivity contribution in [3.8, 4) is 0 Å². The number of guanidine groups is 1. The Hall–Kier alpha value is -0.530. The SMILES string of the molecule is CCNC(=NCC(=O)NC1CCCCC1)NC1CC1C.I. The van der Waals surface area contributed by atoms with E-state index in [0.717, 1.165) is 31.3 Å². The van der Waals surface area contributed by atoms with E-state index in [0.29, 0.717) is 12.1 Å². The first-order chi connectivity index (χ1) is 9.69. The molecule has 2 fully saturated rings. The Kier molecular flexibility index (Phi) is 8.36. The van der Waals surface area contributed by atoms with Crippen molar-refractivity contribution in [3.63, 3.8) is 0 Å². The monoisotopic (exact) mass is 408 g/mol. The smallest absolute Gasteiger partial charge is 0.242 e. The third-order valence-electron chi connectivity index (χ3n) is 4.13. The topological polar surface area (TPSA) is 65.5 Å². The van der Waals surface area contributed by atoms with Gasteiger partial charge in [0.2, 0.25) is 5.91 Å². The minimum atomic E-state index is 0. The molecule has 0 aromatic rings. The Morgan fingerprint density at radius 2 is 1.86 bits per heavy atom. The summed E-state index contributed by atoms with van der Waals surface area (Å²) >= 11 is 0. The largest absolute Gasteiger partial charge is 0.357 e. The Labute approximate surface area is 145 Å². The molecule has 21 heavy (non-hydrogen) atoms. The summed E-state index contributed by atoms with van der Waals surface area (Å²) in [4.78, 5) is 16.3. The fourth-order valence-corrected chi connectivity index (χ4v) is 2.69. The van der Waals surface area contributed by atoms with Gasteiger partial charge in [-0.15, -0.1) is 24.0 Å². The first kappa shape index (κ1) is 18.5. The van der Waals surface area contributed by atoms with Gasteiger partial charge in [0, 0.05) is 18.6 Å². The summed E-state index contributed by atoms with van der Waals surface area (Å²) in [6.45, 7) is 5.29. The van der Waals surface area contributed by atoms with Gasteiger partial charge in [0.05, 0.1) is 0 Å². The van der Waals surface area contributed by atoms with Crippen molar-refractivity contribution in [2.24, 2.45) is 10.9 Å². The molecule has 0 spiro atoms. The molecule has 2 rings (SSSR count). The Morgan fingerprint density at radius 3 is 2.43 bits per heavy atom. The molecule has 0 bridgehead atoms. The number of nitrogens with zero attached hydrogens (tertiary/aromatic N) is 1. The summed E-state index contributed by atoms with van der Waals surface area (Å²) in [7, 11) is 0. The van der Waals surface area contributed by atoms with Crippen LogP contribution in [0, 0.1) is 5.92 Å². The molecule has 1 amide bonds. The van der Waals surface area contributed by atoms with Crippen molar-refractivity contribution in [3.05, 3.63) is 0 Å². The first-order valence-corrected chi connectivity index (χ1v) is 8.03. The molecule has 6 heteroatoms. The molecule has 0 radical (unpaired) electrons. The Bertz CT molecular complexity index is 356. The van der Waals surface area contributed by atoms with E-state index in [1.807, 2.05) is 6.92 Å². The Balaban J connectivity index is 0.00000220. The summed E-state index contributed by atoms with van der Waals surface area (Å²) in [6.07, 6.45) is 7.20. The maximum atomic E-state index is 11.9. The van der Waals surface area contributed by atoms with E-state index < -0.39 is 0 Å². The molecular weight excluding hydrogens is 379 g/mol. The normalized spacial score (nSPS) is 25.7. The van der Waals surface area contributed by atoms with Gasteiger partial charge in [-0.05, 0) is 32.1 Å². The fraction of sp³-hybridized carbons (Fsp3) is 0.867. The van der Waals surface area contributed by atoms with Gasteiger partial charge < -0.3 is 16.0 Å². The highest BCUT2D eigenvalue weighted by atomic mass is 127. The van der Waals surface area contributed by atoms with Crippen LogP contribution >= 0.6 is 24.0 Å². The summed E-state index contributed by atoms with van der Waals surface area (Å²) in [5.41, 5.74) is 0. The molecule has 2 atom stereocenters. The molecule has 0 aromatic carbocycles. The van der Waals surface area contributed by atoms with E-state index in [2.05, 4.69) is 27.9 Å². The van der Waals surface area contributed by atoms with Gasteiger partial charge in [0.1, 0.15) is 6.54 Å². The summed E-state index contributed by atoms with van der Waals surface area (Å²) < 4.78 is 0. The van der Waals surface area contributed by atoms with Gasteiger partial charge in [-0.2, -0.15) is 0 Å². The average molecular weight is 408 g/mol. The van der Waals surface area contributed by atoms with Gasteiger partial charge in [-0.1, -0.05) is 26.2 Å². The first-order valence-electron chi connectivity index (χ1n) is 8.03. The van der Waals surface area contributed by atoms with Crippen molar-refractivity contribution < 1.29 is 4.79 Å². The minimum absolute atomic E-state index is 0. The second kappa shape index (κ2) is 9.48. The number of hydrogen-bond acceptors (Lipinski definition) is 2. The lowest BCUT2D eigenvalue weighted by Crippen LogP contribution is -2.41. The van der Waals surface area contributed by atoms with Gasteiger partial charge in [-0.25, -0.2) is 4.99 Å². The van der Waals surface area contributed by atoms with Gasteiger partial charge in [0.15, 0.2) is 5.96 Å². The molecule has 0 heterocycles. The van der Waals surface area contributed by atoms with Crippen LogP contribution in [0.3, 0.4) is 0 Å². The van der Waals surface area contributed by atoms with E-state index in [1.165, 1.54) is 25.7 Å². The summed E-state index contributed by atoms with van der Waals surface area (Å²) in [5, 5.41) is 9.64. The average Bonchev–Trinajstić information content (AvgIpc) is 3.13. The second-order valence-corrected chi connectivity index (χ2v) is 6.06. The predicted molar refractivity (Wildman–Crippen MR) is 97.1 cm³/mol. The summed E-state index contributed by atoms with van der Waals surface area (Å²) in [6, 6.07) is 0.889. The number of amides is 1. The molecule has 2 aliphatic rings. The molecule has 3 N–H and O–H groups in total. The number of nitrogens with one attached hydrogen (secondary N) is 3. The van der Waals surface area contributed by atoms with Crippen LogP contribution in [0.15, 0.2) is 4.99 Å². The minimum Gasteiger partial charge on any atom is -0.357 e. The third kappa shape index (κ3) is 6.84. The van der Waals surface area contributed by atoms with E-state index in [9.17, 15) is 4.79 Å². The van der Waals surface area contributed by atoms with E-state index in [-0.39, 0.29) is 36.4 Å². The zero-order valence-electron chi connectivity index (χ0n) is 13.2. The van der Waals surface area contributed by atoms with Crippen molar-refractivity contribution >= 4 is 35.8 Å². The molecule has 0 aliphatic heterocycles. The quantitative estimate of drug-likeness (QED) is 0.371. The van der Waals surface area contributed by atoms with Crippen LogP contribution < -0.4 is 16.0 Å². The standard InChI is InChI=1S/C15H28N4O.HI/c1-3-16-15(19-13-9-11(13)2)17-10-14(20)18-12-7-5-4-6-8-12;/h11-13H,3-10H2,1-2H3,(H,18,20)(H2,16,17,19);1H. The maximum Gasteiger partial charge on any atom is 0.242 e. The molecule has 2 aliphatic carbocycles. The number of halogens is 1. The summed E-state index contributed by atoms with van der Waals surface area (Å²) in [5.74, 6) is 1.52. The van der Waals surface area contributed by atoms with Crippen LogP contribution in [0.25, 0.3) is 0 Å². The van der Waals surface area contributed by atoms with Crippen molar-refractivity contribution in [2.45, 2.75) is 64.5 Å². The van der Waals surface area contributed by atoms with Crippen LogP contribution in [-0.2, 0) is 4.79 Å². The lowest BCUT2D eigenvalue weighted by atomic mass is 9.95. The van der Waals surface area contributed by atoms with Crippen molar-refractivity contribution in [1.82, 2.24) is 16.0 Å². The second-order valence-electron chi connectivity index (χ2n) is 6.06. The fourth-order valence-electron chi connectivity index (χ4n) is 2.69. The highest BCUT2D eigenvalue weighted by molar-refractivity contribution is 14.0. The van der Waals surface area contributed by atoms with E-state index >= 15 is 0 Å². The molecule has 2 saturated carbocycles. The number of hydrogen-bond donors (Lipinski definition) is 3. The zero-order valence-corrected chi connectivity index (χ0v) is 15.5. The zero-order chi connectivity index (χ0) is 14.4. The van der Waals surface area contributed by atoms with Gasteiger partial charge in [-0.3, -0.25) is 4.79 Å². The molecular formula is C15H29IN4O. The van der Waals surface area contributed by atoms with E-state index in [1.54, 1.807) is 0 Å². The Morgan fingerprint density at radius 1 is 1.19 bits per heavy atom. The van der Waals surface area contributed by atoms with Crippen LogP contribution in [0.5, 0.6) is 0 Å². The van der Waals surface area contributed by atoms with Crippen LogP contribution in [-0.4, -0.2) is 37.0 Å². The molecule has 0 aromatic heterocycles. The predicted octanol–water partition coefficient (Wildman–Crippen LogP) is 2.02. The van der Waals surface area contributed by atoms with Crippen LogP contribution in [0.2, 0.25) is 0 Å². The number of aliphatic imine (C=N–C) groups is 1. The number of carbonyl (C=O) groups excluding carboxylic acids is 1. The molecule has 5 nitrogen and oxygen atoms in total. The van der Waals surface area contributed by atoms with Crippen LogP contribution in [0.4, 0.5) is 0 Å². The third-order valence-corrected chi connectivity index (χ3v) is 4.13. The lowest BCUT2D eigenvalue weighted by molar-refractivity contribution is -0.120. The highest BCUT2D eigenvalue weighted by Gasteiger charge is 2.33. The number of carbonyl (C=O) groups is 1. The van der Waals surface area contributed by atoms with Gasteiger partial charge in [0.25, 0.3) is 0 Å². The van der Waals surface area contributed by atoms with Crippen LogP contribution in [0.1, 0.15) is 52.4 Å². The van der Waals surface area contributed by atoms with Crippen molar-refractivity contribution in [1.29, 1.82) is 0 Å². The maximum absolute atomic E-state index is 11.9. The molecule has 0 saturated heterocycles. The van der Waals surface area contributed by atoms with Gasteiger partial charge >= 0.3 is 0 Å². The van der Waals surface area contributed by atoms with E-state index in [4.69, 9.17) is 0 Å². The number of rotatable bonds is 5. The molecule has 122 valence electrons. The highest BCUT2D eigenvalue weighted by Crippen LogP contribution is 2.28. The lowest BCUT2D eigenvalue weighted by Gasteiger charge is -2.22.